The molecule has 2 aliphatic heterocycles. The first-order valence-electron chi connectivity index (χ1n) is 6.56. The third kappa shape index (κ3) is 1.82. The van der Waals surface area contributed by atoms with Gasteiger partial charge in [0.05, 0.1) is 37.3 Å². The molecule has 2 heterocycles. The molecule has 2 amide bonds. The highest BCUT2D eigenvalue weighted by Gasteiger charge is 2.35. The molecule has 4 nitrogen and oxygen atoms in total. The topological polar surface area (TPSA) is 41.8 Å². The number of hydrogen-bond acceptors (Lipinski definition) is 2. The molecule has 1 N–H and O–H groups in total. The van der Waals surface area contributed by atoms with Gasteiger partial charge in [-0.2, -0.15) is 0 Å². The Morgan fingerprint density at radius 1 is 1.00 bits per heavy atom. The van der Waals surface area contributed by atoms with Crippen molar-refractivity contribution in [3.8, 4) is 0 Å². The van der Waals surface area contributed by atoms with Crippen LogP contribution in [0.25, 0.3) is 0 Å². The largest absolute Gasteiger partial charge is 0.333 e. The molecule has 94 valence electrons. The third-order valence-corrected chi connectivity index (χ3v) is 3.88. The molecule has 0 aromatic heterocycles. The van der Waals surface area contributed by atoms with E-state index in [0.717, 1.165) is 6.54 Å². The van der Waals surface area contributed by atoms with E-state index in [4.69, 9.17) is 0 Å². The van der Waals surface area contributed by atoms with Crippen LogP contribution in [0.15, 0.2) is 24.3 Å². The van der Waals surface area contributed by atoms with Gasteiger partial charge in [0.2, 0.25) is 0 Å². The lowest BCUT2D eigenvalue weighted by atomic mass is 10.1. The van der Waals surface area contributed by atoms with Crippen molar-refractivity contribution in [2.75, 3.05) is 26.2 Å². The fourth-order valence-electron chi connectivity index (χ4n) is 2.84. The molecule has 3 rings (SSSR count). The van der Waals surface area contributed by atoms with Crippen LogP contribution in [0.5, 0.6) is 0 Å². The molecule has 0 radical (unpaired) electrons. The summed E-state index contributed by atoms with van der Waals surface area (Å²) in [5, 5.41) is 0. The van der Waals surface area contributed by atoms with Crippen molar-refractivity contribution >= 4 is 11.8 Å². The maximum Gasteiger partial charge on any atom is 0.261 e. The van der Waals surface area contributed by atoms with Gasteiger partial charge < -0.3 is 4.90 Å². The highest BCUT2D eigenvalue weighted by Crippen LogP contribution is 2.21. The standard InChI is InChI=1S/C14H16N2O2/c17-13-11-5-1-2-6-12(11)14(18)16(13)10-9-15-7-3-4-8-15/h1-2,5-6H,3-4,7-10H2/p+1. The number of rotatable bonds is 3. The van der Waals surface area contributed by atoms with Crippen LogP contribution in [-0.2, 0) is 0 Å². The molecular formula is C14H17N2O2+. The fourth-order valence-corrected chi connectivity index (χ4v) is 2.84. The molecule has 0 unspecified atom stereocenters. The van der Waals surface area contributed by atoms with Crippen molar-refractivity contribution in [1.82, 2.24) is 4.90 Å². The molecular weight excluding hydrogens is 228 g/mol. The van der Waals surface area contributed by atoms with Gasteiger partial charge in [0, 0.05) is 12.8 Å². The Kier molecular flexibility index (Phi) is 2.88. The Bertz CT molecular complexity index is 457. The maximum absolute atomic E-state index is 12.1. The van der Waals surface area contributed by atoms with Crippen LogP contribution in [0.4, 0.5) is 0 Å². The quantitative estimate of drug-likeness (QED) is 0.759. The number of quaternary nitrogens is 1. The molecule has 1 fully saturated rings. The maximum atomic E-state index is 12.1. The second-order valence-corrected chi connectivity index (χ2v) is 5.01. The van der Waals surface area contributed by atoms with Gasteiger partial charge >= 0.3 is 0 Å². The first-order valence-corrected chi connectivity index (χ1v) is 6.56. The zero-order valence-corrected chi connectivity index (χ0v) is 10.3. The number of nitrogens with one attached hydrogen (secondary N) is 1. The minimum atomic E-state index is -0.130. The molecule has 1 aromatic carbocycles. The van der Waals surface area contributed by atoms with Crippen molar-refractivity contribution in [3.05, 3.63) is 35.4 Å². The lowest BCUT2D eigenvalue weighted by molar-refractivity contribution is -0.886. The minimum absolute atomic E-state index is 0.130. The van der Waals surface area contributed by atoms with E-state index in [1.165, 1.54) is 35.7 Å². The molecule has 0 atom stereocenters. The molecule has 1 saturated heterocycles. The zero-order valence-electron chi connectivity index (χ0n) is 10.3. The van der Waals surface area contributed by atoms with Crippen molar-refractivity contribution in [1.29, 1.82) is 0 Å². The van der Waals surface area contributed by atoms with Crippen LogP contribution < -0.4 is 4.90 Å². The van der Waals surface area contributed by atoms with E-state index in [0.29, 0.717) is 17.7 Å². The number of amides is 2. The smallest absolute Gasteiger partial charge is 0.261 e. The van der Waals surface area contributed by atoms with Gasteiger partial charge in [-0.15, -0.1) is 0 Å². The highest BCUT2D eigenvalue weighted by atomic mass is 16.2. The summed E-state index contributed by atoms with van der Waals surface area (Å²) in [5.74, 6) is -0.261. The lowest BCUT2D eigenvalue weighted by Crippen LogP contribution is -3.10. The third-order valence-electron chi connectivity index (χ3n) is 3.88. The Morgan fingerprint density at radius 3 is 2.11 bits per heavy atom. The summed E-state index contributed by atoms with van der Waals surface area (Å²) < 4.78 is 0. The average Bonchev–Trinajstić information content (AvgIpc) is 2.98. The fraction of sp³-hybridized carbons (Fsp3) is 0.429. The van der Waals surface area contributed by atoms with Gasteiger partial charge in [-0.3, -0.25) is 14.5 Å². The number of nitrogens with zero attached hydrogens (tertiary/aromatic N) is 1. The highest BCUT2D eigenvalue weighted by molar-refractivity contribution is 6.21. The van der Waals surface area contributed by atoms with Crippen LogP contribution in [0, 0.1) is 0 Å². The van der Waals surface area contributed by atoms with E-state index in [9.17, 15) is 9.59 Å². The second kappa shape index (κ2) is 4.53. The first-order chi connectivity index (χ1) is 8.77. The number of imide groups is 1. The summed E-state index contributed by atoms with van der Waals surface area (Å²) in [7, 11) is 0. The summed E-state index contributed by atoms with van der Waals surface area (Å²) in [5.41, 5.74) is 1.11. The van der Waals surface area contributed by atoms with E-state index in [1.807, 2.05) is 0 Å². The predicted octanol–water partition coefficient (Wildman–Crippen LogP) is -0.0387. The van der Waals surface area contributed by atoms with E-state index in [-0.39, 0.29) is 11.8 Å². The molecule has 0 saturated carbocycles. The van der Waals surface area contributed by atoms with Gasteiger partial charge in [-0.05, 0) is 12.1 Å². The average molecular weight is 245 g/mol. The molecule has 0 bridgehead atoms. The Hall–Kier alpha value is -1.68. The number of carbonyl (C=O) groups excluding carboxylic acids is 2. The Labute approximate surface area is 106 Å². The van der Waals surface area contributed by atoms with Crippen LogP contribution in [-0.4, -0.2) is 42.9 Å². The number of benzene rings is 1. The predicted molar refractivity (Wildman–Crippen MR) is 66.6 cm³/mol. The summed E-state index contributed by atoms with van der Waals surface area (Å²) in [6, 6.07) is 7.08. The number of hydrogen-bond donors (Lipinski definition) is 1. The van der Waals surface area contributed by atoms with Gasteiger partial charge in [0.1, 0.15) is 0 Å². The number of likely N-dealkylation sites (tertiary alicyclic amines) is 1. The van der Waals surface area contributed by atoms with Crippen LogP contribution in [0.3, 0.4) is 0 Å². The van der Waals surface area contributed by atoms with Crippen molar-refractivity contribution in [2.24, 2.45) is 0 Å². The van der Waals surface area contributed by atoms with Crippen LogP contribution in [0.2, 0.25) is 0 Å². The van der Waals surface area contributed by atoms with Gasteiger partial charge in [-0.1, -0.05) is 12.1 Å². The lowest BCUT2D eigenvalue weighted by Gasteiger charge is -2.17. The van der Waals surface area contributed by atoms with Gasteiger partial charge in [-0.25, -0.2) is 0 Å². The SMILES string of the molecule is O=C1c2ccccc2C(=O)N1CC[NH+]1CCCC1. The molecule has 0 aliphatic carbocycles. The van der Waals surface area contributed by atoms with Crippen LogP contribution >= 0.6 is 0 Å². The van der Waals surface area contributed by atoms with E-state index >= 15 is 0 Å². The Morgan fingerprint density at radius 2 is 1.56 bits per heavy atom. The second-order valence-electron chi connectivity index (χ2n) is 5.01. The van der Waals surface area contributed by atoms with Crippen molar-refractivity contribution < 1.29 is 14.5 Å². The zero-order chi connectivity index (χ0) is 12.5. The van der Waals surface area contributed by atoms with Gasteiger partial charge in [0.15, 0.2) is 0 Å². The summed E-state index contributed by atoms with van der Waals surface area (Å²) in [4.78, 5) is 27.1. The normalized spacial score (nSPS) is 19.7. The minimum Gasteiger partial charge on any atom is -0.333 e. The molecule has 0 spiro atoms. The first kappa shape index (κ1) is 11.4. The number of carbonyl (C=O) groups is 2. The summed E-state index contributed by atoms with van der Waals surface area (Å²) in [6.07, 6.45) is 2.52. The molecule has 4 heteroatoms. The summed E-state index contributed by atoms with van der Waals surface area (Å²) in [6.45, 7) is 3.76. The van der Waals surface area contributed by atoms with Gasteiger partial charge in [0.25, 0.3) is 11.8 Å². The van der Waals surface area contributed by atoms with E-state index < -0.39 is 0 Å². The molecule has 18 heavy (non-hydrogen) atoms. The molecule has 1 aromatic rings. The van der Waals surface area contributed by atoms with Crippen molar-refractivity contribution in [2.45, 2.75) is 12.8 Å². The summed E-state index contributed by atoms with van der Waals surface area (Å²) >= 11 is 0. The van der Waals surface area contributed by atoms with Crippen LogP contribution in [0.1, 0.15) is 33.6 Å². The monoisotopic (exact) mass is 245 g/mol. The van der Waals surface area contributed by atoms with E-state index in [2.05, 4.69) is 0 Å². The molecule has 2 aliphatic rings. The van der Waals surface area contributed by atoms with E-state index in [1.54, 1.807) is 24.3 Å². The number of fused-ring (bicyclic) bond motifs is 1. The van der Waals surface area contributed by atoms with Crippen molar-refractivity contribution in [3.63, 3.8) is 0 Å². The Balaban J connectivity index is 1.71.